The van der Waals surface area contributed by atoms with Crippen LogP contribution in [0.25, 0.3) is 0 Å². The predicted molar refractivity (Wildman–Crippen MR) is 45.3 cm³/mol. The molecule has 0 radical (unpaired) electrons. The zero-order valence-electron chi connectivity index (χ0n) is 6.27. The standard InChI is InChI=1S/C7H9NO3.ClH/c8-6(7(9)10)3-5-1-2-11-4-5;/h1-2,4,6H,3,8H2,(H,9,10);1H/t6-;/m1./s1. The number of carboxylic acid groups (broad SMARTS) is 1. The van der Waals surface area contributed by atoms with Gasteiger partial charge in [0.05, 0.1) is 12.5 Å². The summed E-state index contributed by atoms with van der Waals surface area (Å²) in [5, 5.41) is 8.43. The Morgan fingerprint density at radius 1 is 1.75 bits per heavy atom. The van der Waals surface area contributed by atoms with Crippen LogP contribution in [0.1, 0.15) is 5.56 Å². The smallest absolute Gasteiger partial charge is 0.320 e. The highest BCUT2D eigenvalue weighted by Gasteiger charge is 2.11. The van der Waals surface area contributed by atoms with Gasteiger partial charge in [-0.25, -0.2) is 0 Å². The normalized spacial score (nSPS) is 11.8. The third kappa shape index (κ3) is 2.94. The predicted octanol–water partition coefficient (Wildman–Crippen LogP) is 0.656. The van der Waals surface area contributed by atoms with Crippen LogP contribution in [-0.4, -0.2) is 17.1 Å². The lowest BCUT2D eigenvalue weighted by Crippen LogP contribution is -2.32. The number of rotatable bonds is 3. The van der Waals surface area contributed by atoms with Gasteiger partial charge in [-0.1, -0.05) is 0 Å². The maximum absolute atomic E-state index is 10.3. The van der Waals surface area contributed by atoms with Crippen molar-refractivity contribution < 1.29 is 14.3 Å². The van der Waals surface area contributed by atoms with E-state index >= 15 is 0 Å². The van der Waals surface area contributed by atoms with Crippen LogP contribution >= 0.6 is 12.4 Å². The van der Waals surface area contributed by atoms with Gasteiger partial charge < -0.3 is 15.3 Å². The average molecular weight is 192 g/mol. The minimum absolute atomic E-state index is 0. The van der Waals surface area contributed by atoms with Crippen LogP contribution in [0.15, 0.2) is 23.0 Å². The summed E-state index contributed by atoms with van der Waals surface area (Å²) in [6, 6.07) is 0.857. The fraction of sp³-hybridized carbons (Fsp3) is 0.286. The van der Waals surface area contributed by atoms with Crippen molar-refractivity contribution in [1.29, 1.82) is 0 Å². The summed E-state index contributed by atoms with van der Waals surface area (Å²) in [5.41, 5.74) is 6.07. The number of hydrogen-bond donors (Lipinski definition) is 2. The second kappa shape index (κ2) is 4.79. The van der Waals surface area contributed by atoms with Gasteiger partial charge in [0.1, 0.15) is 6.04 Å². The van der Waals surface area contributed by atoms with Crippen molar-refractivity contribution in [3.05, 3.63) is 24.2 Å². The molecule has 0 bridgehead atoms. The van der Waals surface area contributed by atoms with E-state index in [2.05, 4.69) is 0 Å². The van der Waals surface area contributed by atoms with Crippen LogP contribution < -0.4 is 5.73 Å². The van der Waals surface area contributed by atoms with Crippen molar-refractivity contribution in [1.82, 2.24) is 0 Å². The maximum Gasteiger partial charge on any atom is 0.320 e. The minimum atomic E-state index is -0.994. The molecule has 1 rings (SSSR count). The number of carboxylic acids is 1. The monoisotopic (exact) mass is 191 g/mol. The molecule has 4 nitrogen and oxygen atoms in total. The maximum atomic E-state index is 10.3. The number of furan rings is 1. The lowest BCUT2D eigenvalue weighted by molar-refractivity contribution is -0.138. The molecule has 0 aliphatic carbocycles. The minimum Gasteiger partial charge on any atom is -0.480 e. The molecule has 0 amide bonds. The molecule has 0 fully saturated rings. The Labute approximate surface area is 75.8 Å². The first-order valence-corrected chi connectivity index (χ1v) is 3.19. The molecule has 1 heterocycles. The zero-order chi connectivity index (χ0) is 8.27. The highest BCUT2D eigenvalue weighted by atomic mass is 35.5. The van der Waals surface area contributed by atoms with Crippen molar-refractivity contribution in [2.45, 2.75) is 12.5 Å². The molecule has 0 aromatic carbocycles. The highest BCUT2D eigenvalue weighted by molar-refractivity contribution is 5.85. The summed E-state index contributed by atoms with van der Waals surface area (Å²) in [6.45, 7) is 0. The summed E-state index contributed by atoms with van der Waals surface area (Å²) in [7, 11) is 0. The topological polar surface area (TPSA) is 76.5 Å². The Morgan fingerprint density at radius 3 is 2.83 bits per heavy atom. The first-order valence-electron chi connectivity index (χ1n) is 3.19. The van der Waals surface area contributed by atoms with Gasteiger partial charge in [-0.3, -0.25) is 4.79 Å². The Bertz CT molecular complexity index is 235. The summed E-state index contributed by atoms with van der Waals surface area (Å²) in [6.07, 6.45) is 3.29. The molecule has 0 unspecified atom stereocenters. The van der Waals surface area contributed by atoms with Gasteiger partial charge in [-0.2, -0.15) is 0 Å². The third-order valence-corrected chi connectivity index (χ3v) is 1.35. The van der Waals surface area contributed by atoms with Gasteiger partial charge >= 0.3 is 5.97 Å². The first kappa shape index (κ1) is 11.0. The molecule has 1 aromatic heterocycles. The fourth-order valence-corrected chi connectivity index (χ4v) is 0.750. The van der Waals surface area contributed by atoms with Crippen LogP contribution in [0.2, 0.25) is 0 Å². The molecule has 0 saturated heterocycles. The molecule has 5 heteroatoms. The summed E-state index contributed by atoms with van der Waals surface area (Å²) < 4.78 is 4.75. The van der Waals surface area contributed by atoms with E-state index in [1.54, 1.807) is 6.07 Å². The van der Waals surface area contributed by atoms with E-state index < -0.39 is 12.0 Å². The van der Waals surface area contributed by atoms with E-state index in [-0.39, 0.29) is 12.4 Å². The second-order valence-electron chi connectivity index (χ2n) is 2.28. The van der Waals surface area contributed by atoms with E-state index in [1.807, 2.05) is 0 Å². The van der Waals surface area contributed by atoms with Gasteiger partial charge in [0.15, 0.2) is 0 Å². The van der Waals surface area contributed by atoms with E-state index in [9.17, 15) is 4.79 Å². The Morgan fingerprint density at radius 2 is 2.42 bits per heavy atom. The second-order valence-corrected chi connectivity index (χ2v) is 2.28. The zero-order valence-corrected chi connectivity index (χ0v) is 7.08. The summed E-state index contributed by atoms with van der Waals surface area (Å²) >= 11 is 0. The number of nitrogens with two attached hydrogens (primary N) is 1. The molecule has 0 saturated carbocycles. The molecule has 12 heavy (non-hydrogen) atoms. The first-order chi connectivity index (χ1) is 5.20. The van der Waals surface area contributed by atoms with E-state index in [0.29, 0.717) is 6.42 Å². The van der Waals surface area contributed by atoms with Crippen molar-refractivity contribution in [3.63, 3.8) is 0 Å². The average Bonchev–Trinajstić information content (AvgIpc) is 2.39. The summed E-state index contributed by atoms with van der Waals surface area (Å²) in [4.78, 5) is 10.3. The number of aliphatic carboxylic acids is 1. The van der Waals surface area contributed by atoms with Crippen LogP contribution in [0.4, 0.5) is 0 Å². The molecule has 1 aromatic rings. The van der Waals surface area contributed by atoms with Crippen LogP contribution in [0, 0.1) is 0 Å². The van der Waals surface area contributed by atoms with Crippen LogP contribution in [0.3, 0.4) is 0 Å². The SMILES string of the molecule is Cl.N[C@H](Cc1ccoc1)C(=O)O. The van der Waals surface area contributed by atoms with Crippen molar-refractivity contribution in [2.24, 2.45) is 5.73 Å². The molecule has 68 valence electrons. The van der Waals surface area contributed by atoms with Gasteiger partial charge in [0.2, 0.25) is 0 Å². The van der Waals surface area contributed by atoms with Gasteiger partial charge in [-0.05, 0) is 11.6 Å². The molecule has 0 aliphatic heterocycles. The van der Waals surface area contributed by atoms with Gasteiger partial charge in [-0.15, -0.1) is 12.4 Å². The van der Waals surface area contributed by atoms with Crippen LogP contribution in [0.5, 0.6) is 0 Å². The molecular formula is C7H10ClNO3. The van der Waals surface area contributed by atoms with Crippen LogP contribution in [-0.2, 0) is 11.2 Å². The van der Waals surface area contributed by atoms with Gasteiger partial charge in [0.25, 0.3) is 0 Å². The molecule has 1 atom stereocenters. The number of carbonyl (C=O) groups is 1. The number of hydrogen-bond acceptors (Lipinski definition) is 3. The summed E-state index contributed by atoms with van der Waals surface area (Å²) in [5.74, 6) is -0.994. The molecular weight excluding hydrogens is 182 g/mol. The van der Waals surface area contributed by atoms with E-state index in [4.69, 9.17) is 15.3 Å². The highest BCUT2D eigenvalue weighted by Crippen LogP contribution is 2.02. The Kier molecular flexibility index (Phi) is 4.39. The van der Waals surface area contributed by atoms with Crippen molar-refractivity contribution in [3.8, 4) is 0 Å². The molecule has 0 aliphatic rings. The lowest BCUT2D eigenvalue weighted by Gasteiger charge is -2.01. The van der Waals surface area contributed by atoms with Crippen molar-refractivity contribution >= 4 is 18.4 Å². The van der Waals surface area contributed by atoms with Gasteiger partial charge in [0, 0.05) is 6.42 Å². The largest absolute Gasteiger partial charge is 0.480 e. The fourth-order valence-electron chi connectivity index (χ4n) is 0.750. The molecule has 0 spiro atoms. The third-order valence-electron chi connectivity index (χ3n) is 1.35. The van der Waals surface area contributed by atoms with E-state index in [1.165, 1.54) is 12.5 Å². The Balaban J connectivity index is 0.00000121. The Hall–Kier alpha value is -1.00. The number of halogens is 1. The van der Waals surface area contributed by atoms with E-state index in [0.717, 1.165) is 5.56 Å². The van der Waals surface area contributed by atoms with Crippen molar-refractivity contribution in [2.75, 3.05) is 0 Å². The molecule has 3 N–H and O–H groups in total. The lowest BCUT2D eigenvalue weighted by atomic mass is 10.1. The quantitative estimate of drug-likeness (QED) is 0.736.